The first kappa shape index (κ1) is 15.5. The van der Waals surface area contributed by atoms with Crippen molar-refractivity contribution in [1.82, 2.24) is 9.78 Å². The van der Waals surface area contributed by atoms with Crippen LogP contribution in [0.3, 0.4) is 0 Å². The van der Waals surface area contributed by atoms with E-state index in [0.29, 0.717) is 6.54 Å². The normalized spacial score (nSPS) is 13.0. The van der Waals surface area contributed by atoms with Crippen molar-refractivity contribution >= 4 is 11.7 Å². The number of hydrogen-bond donors (Lipinski definition) is 0. The molecule has 2 aromatic rings. The quantitative estimate of drug-likeness (QED) is 0.811. The van der Waals surface area contributed by atoms with Gasteiger partial charge in [-0.15, -0.1) is 0 Å². The van der Waals surface area contributed by atoms with Gasteiger partial charge in [0.1, 0.15) is 0 Å². The maximum Gasteiger partial charge on any atom is 0.251 e. The Labute approximate surface area is 137 Å². The summed E-state index contributed by atoms with van der Waals surface area (Å²) in [4.78, 5) is 14.1. The summed E-state index contributed by atoms with van der Waals surface area (Å²) in [6, 6.07) is 6.25. The SMILES string of the molecule is C=CC(=O)N(Cc1ccc(C)c(C)c1C)c1cc2n(n1)CCC2. The minimum atomic E-state index is -0.112. The minimum absolute atomic E-state index is 0.112. The zero-order valence-corrected chi connectivity index (χ0v) is 14.1. The number of anilines is 1. The number of nitrogens with zero attached hydrogens (tertiary/aromatic N) is 3. The molecular formula is C19H23N3O. The fraction of sp³-hybridized carbons (Fsp3) is 0.368. The molecule has 4 heteroatoms. The van der Waals surface area contributed by atoms with Gasteiger partial charge in [0.15, 0.2) is 5.82 Å². The van der Waals surface area contributed by atoms with Crippen LogP contribution in [0.1, 0.15) is 34.4 Å². The topological polar surface area (TPSA) is 38.1 Å². The van der Waals surface area contributed by atoms with Crippen molar-refractivity contribution in [3.63, 3.8) is 0 Å². The Kier molecular flexibility index (Phi) is 4.07. The molecule has 0 aliphatic carbocycles. The van der Waals surface area contributed by atoms with Gasteiger partial charge >= 0.3 is 0 Å². The molecule has 23 heavy (non-hydrogen) atoms. The van der Waals surface area contributed by atoms with Crippen LogP contribution in [0.25, 0.3) is 0 Å². The third-order valence-electron chi connectivity index (χ3n) is 4.87. The number of aryl methyl sites for hydroxylation is 3. The summed E-state index contributed by atoms with van der Waals surface area (Å²) >= 11 is 0. The van der Waals surface area contributed by atoms with Gasteiger partial charge in [-0.05, 0) is 61.9 Å². The Morgan fingerprint density at radius 3 is 2.83 bits per heavy atom. The highest BCUT2D eigenvalue weighted by molar-refractivity contribution is 6.00. The lowest BCUT2D eigenvalue weighted by Crippen LogP contribution is -2.29. The number of fused-ring (bicyclic) bond motifs is 1. The van der Waals surface area contributed by atoms with Crippen LogP contribution in [-0.2, 0) is 24.3 Å². The second-order valence-electron chi connectivity index (χ2n) is 6.24. The zero-order valence-electron chi connectivity index (χ0n) is 14.1. The van der Waals surface area contributed by atoms with Gasteiger partial charge in [-0.3, -0.25) is 14.4 Å². The standard InChI is InChI=1S/C19H23N3O/c1-5-19(23)21(18-11-17-7-6-10-22(17)20-18)12-16-9-8-13(2)14(3)15(16)4/h5,8-9,11H,1,6-7,10,12H2,2-4H3. The molecule has 0 spiro atoms. The number of aromatic nitrogens is 2. The van der Waals surface area contributed by atoms with E-state index in [1.165, 1.54) is 28.5 Å². The molecule has 1 aromatic heterocycles. The highest BCUT2D eigenvalue weighted by Crippen LogP contribution is 2.25. The highest BCUT2D eigenvalue weighted by atomic mass is 16.2. The van der Waals surface area contributed by atoms with Crippen LogP contribution >= 0.6 is 0 Å². The molecule has 0 atom stereocenters. The first-order chi connectivity index (χ1) is 11.0. The van der Waals surface area contributed by atoms with E-state index in [4.69, 9.17) is 0 Å². The van der Waals surface area contributed by atoms with Gasteiger partial charge in [-0.1, -0.05) is 18.7 Å². The van der Waals surface area contributed by atoms with Crippen molar-refractivity contribution in [2.75, 3.05) is 4.90 Å². The molecule has 0 fully saturated rings. The van der Waals surface area contributed by atoms with Crippen molar-refractivity contribution in [2.45, 2.75) is 46.7 Å². The smallest absolute Gasteiger partial charge is 0.251 e. The van der Waals surface area contributed by atoms with E-state index >= 15 is 0 Å². The zero-order chi connectivity index (χ0) is 16.6. The summed E-state index contributed by atoms with van der Waals surface area (Å²) < 4.78 is 2.01. The van der Waals surface area contributed by atoms with E-state index in [0.717, 1.165) is 30.8 Å². The van der Waals surface area contributed by atoms with Crippen molar-refractivity contribution in [2.24, 2.45) is 0 Å². The molecule has 0 saturated heterocycles. The van der Waals surface area contributed by atoms with Crippen molar-refractivity contribution < 1.29 is 4.79 Å². The average Bonchev–Trinajstić information content (AvgIpc) is 3.13. The lowest BCUT2D eigenvalue weighted by atomic mass is 9.98. The summed E-state index contributed by atoms with van der Waals surface area (Å²) in [6.07, 6.45) is 3.53. The molecule has 1 aromatic carbocycles. The van der Waals surface area contributed by atoms with E-state index in [1.54, 1.807) is 4.90 Å². The Morgan fingerprint density at radius 1 is 1.35 bits per heavy atom. The summed E-state index contributed by atoms with van der Waals surface area (Å²) in [7, 11) is 0. The molecule has 2 heterocycles. The Bertz CT molecular complexity index is 752. The lowest BCUT2D eigenvalue weighted by Gasteiger charge is -2.21. The fourth-order valence-electron chi connectivity index (χ4n) is 3.11. The van der Waals surface area contributed by atoms with Crippen molar-refractivity contribution in [3.05, 3.63) is 58.8 Å². The predicted octanol–water partition coefficient (Wildman–Crippen LogP) is 3.47. The van der Waals surface area contributed by atoms with E-state index in [1.807, 2.05) is 10.7 Å². The van der Waals surface area contributed by atoms with Crippen LogP contribution in [0.4, 0.5) is 5.82 Å². The van der Waals surface area contributed by atoms with Gasteiger partial charge in [0.2, 0.25) is 0 Å². The molecule has 1 aliphatic rings. The molecule has 0 N–H and O–H groups in total. The molecular weight excluding hydrogens is 286 g/mol. The van der Waals surface area contributed by atoms with E-state index < -0.39 is 0 Å². The maximum absolute atomic E-state index is 12.4. The van der Waals surface area contributed by atoms with E-state index in [-0.39, 0.29) is 5.91 Å². The monoisotopic (exact) mass is 309 g/mol. The second-order valence-corrected chi connectivity index (χ2v) is 6.24. The molecule has 0 bridgehead atoms. The van der Waals surface area contributed by atoms with E-state index in [2.05, 4.69) is 44.6 Å². The number of benzene rings is 1. The predicted molar refractivity (Wildman–Crippen MR) is 92.6 cm³/mol. The third-order valence-corrected chi connectivity index (χ3v) is 4.87. The Morgan fingerprint density at radius 2 is 2.13 bits per heavy atom. The summed E-state index contributed by atoms with van der Waals surface area (Å²) in [6.45, 7) is 11.4. The summed E-state index contributed by atoms with van der Waals surface area (Å²) in [5.74, 6) is 0.613. The number of rotatable bonds is 4. The number of carbonyl (C=O) groups excluding carboxylic acids is 1. The van der Waals surface area contributed by atoms with Crippen LogP contribution in [0.2, 0.25) is 0 Å². The largest absolute Gasteiger partial charge is 0.287 e. The van der Waals surface area contributed by atoms with Crippen molar-refractivity contribution in [3.8, 4) is 0 Å². The Hall–Kier alpha value is -2.36. The lowest BCUT2D eigenvalue weighted by molar-refractivity contribution is -0.114. The first-order valence-corrected chi connectivity index (χ1v) is 8.07. The second kappa shape index (κ2) is 6.03. The molecule has 1 aliphatic heterocycles. The summed E-state index contributed by atoms with van der Waals surface area (Å²) in [5, 5.41) is 4.60. The van der Waals surface area contributed by atoms with Gasteiger partial charge in [0.05, 0.1) is 6.54 Å². The van der Waals surface area contributed by atoms with Crippen LogP contribution < -0.4 is 4.90 Å². The van der Waals surface area contributed by atoms with Gasteiger partial charge in [-0.2, -0.15) is 5.10 Å². The number of hydrogen-bond acceptors (Lipinski definition) is 2. The van der Waals surface area contributed by atoms with Gasteiger partial charge in [-0.25, -0.2) is 0 Å². The number of carbonyl (C=O) groups is 1. The molecule has 4 nitrogen and oxygen atoms in total. The third kappa shape index (κ3) is 2.81. The van der Waals surface area contributed by atoms with Crippen molar-refractivity contribution in [1.29, 1.82) is 0 Å². The molecule has 0 saturated carbocycles. The van der Waals surface area contributed by atoms with Gasteiger partial charge < -0.3 is 0 Å². The fourth-order valence-corrected chi connectivity index (χ4v) is 3.11. The van der Waals surface area contributed by atoms with Crippen LogP contribution in [0.15, 0.2) is 30.9 Å². The first-order valence-electron chi connectivity index (χ1n) is 8.07. The van der Waals surface area contributed by atoms with E-state index in [9.17, 15) is 4.79 Å². The van der Waals surface area contributed by atoms with Gasteiger partial charge in [0, 0.05) is 18.3 Å². The van der Waals surface area contributed by atoms with Gasteiger partial charge in [0.25, 0.3) is 5.91 Å². The molecule has 1 amide bonds. The molecule has 3 rings (SSSR count). The molecule has 120 valence electrons. The number of amides is 1. The Balaban J connectivity index is 1.95. The highest BCUT2D eigenvalue weighted by Gasteiger charge is 2.21. The maximum atomic E-state index is 12.4. The van der Waals surface area contributed by atoms with Crippen LogP contribution in [-0.4, -0.2) is 15.7 Å². The summed E-state index contributed by atoms with van der Waals surface area (Å²) in [5.41, 5.74) is 6.14. The van der Waals surface area contributed by atoms with Crippen LogP contribution in [0, 0.1) is 20.8 Å². The molecule has 0 radical (unpaired) electrons. The van der Waals surface area contributed by atoms with Crippen LogP contribution in [0.5, 0.6) is 0 Å². The average molecular weight is 309 g/mol. The minimum Gasteiger partial charge on any atom is -0.287 e. The molecule has 0 unspecified atom stereocenters.